The van der Waals surface area contributed by atoms with E-state index in [2.05, 4.69) is 64.5 Å². The van der Waals surface area contributed by atoms with Crippen LogP contribution in [0.4, 0.5) is 11.4 Å². The van der Waals surface area contributed by atoms with Crippen LogP contribution in [0.5, 0.6) is 5.75 Å². The van der Waals surface area contributed by atoms with Crippen molar-refractivity contribution in [1.29, 1.82) is 0 Å². The summed E-state index contributed by atoms with van der Waals surface area (Å²) in [5.41, 5.74) is 8.37. The van der Waals surface area contributed by atoms with Gasteiger partial charge in [-0.3, -0.25) is 0 Å². The van der Waals surface area contributed by atoms with Gasteiger partial charge in [-0.2, -0.15) is 0 Å². The van der Waals surface area contributed by atoms with E-state index in [9.17, 15) is 0 Å². The highest BCUT2D eigenvalue weighted by molar-refractivity contribution is 5.96. The van der Waals surface area contributed by atoms with Gasteiger partial charge in [-0.15, -0.1) is 0 Å². The van der Waals surface area contributed by atoms with Crippen LogP contribution in [0.3, 0.4) is 0 Å². The van der Waals surface area contributed by atoms with Crippen molar-refractivity contribution in [2.24, 2.45) is 10.7 Å². The minimum absolute atomic E-state index is 0.535. The first-order chi connectivity index (χ1) is 17.3. The SMILES string of the molecule is NC(=Nc1ccccc1)N(CCCCCCCCOc1cccc2ccccc12)c1ccccc1. The Hall–Kier alpha value is -3.79. The van der Waals surface area contributed by atoms with E-state index in [0.717, 1.165) is 43.1 Å². The number of hydrogen-bond donors (Lipinski definition) is 1. The number of ether oxygens (including phenoxy) is 1. The molecular formula is C31H35N3O. The lowest BCUT2D eigenvalue weighted by Gasteiger charge is -2.24. The number of anilines is 1. The molecule has 0 saturated carbocycles. The Bertz CT molecular complexity index is 1190. The van der Waals surface area contributed by atoms with Gasteiger partial charge in [0.15, 0.2) is 0 Å². The minimum atomic E-state index is 0.535. The summed E-state index contributed by atoms with van der Waals surface area (Å²) in [6.07, 6.45) is 6.95. The summed E-state index contributed by atoms with van der Waals surface area (Å²) in [4.78, 5) is 6.75. The monoisotopic (exact) mass is 465 g/mol. The van der Waals surface area contributed by atoms with Crippen LogP contribution in [0.2, 0.25) is 0 Å². The Kier molecular flexibility index (Phi) is 9.17. The Balaban J connectivity index is 1.18. The number of nitrogens with zero attached hydrogens (tertiary/aromatic N) is 2. The Morgan fingerprint density at radius 1 is 0.657 bits per heavy atom. The topological polar surface area (TPSA) is 50.8 Å². The van der Waals surface area contributed by atoms with Crippen LogP contribution in [-0.4, -0.2) is 19.1 Å². The highest BCUT2D eigenvalue weighted by Gasteiger charge is 2.10. The molecule has 2 N–H and O–H groups in total. The first-order valence-electron chi connectivity index (χ1n) is 12.6. The molecule has 180 valence electrons. The number of para-hydroxylation sites is 2. The zero-order chi connectivity index (χ0) is 24.1. The van der Waals surface area contributed by atoms with Gasteiger partial charge in [0.05, 0.1) is 12.3 Å². The molecule has 0 aliphatic rings. The van der Waals surface area contributed by atoms with Crippen LogP contribution < -0.4 is 15.4 Å². The van der Waals surface area contributed by atoms with Gasteiger partial charge >= 0.3 is 0 Å². The average molecular weight is 466 g/mol. The molecule has 0 amide bonds. The fourth-order valence-electron chi connectivity index (χ4n) is 4.26. The normalized spacial score (nSPS) is 11.5. The molecule has 0 unspecified atom stereocenters. The van der Waals surface area contributed by atoms with Gasteiger partial charge in [-0.25, -0.2) is 4.99 Å². The van der Waals surface area contributed by atoms with Gasteiger partial charge in [0.1, 0.15) is 5.75 Å². The third-order valence-corrected chi connectivity index (χ3v) is 6.13. The molecule has 35 heavy (non-hydrogen) atoms. The van der Waals surface area contributed by atoms with Gasteiger partial charge in [-0.05, 0) is 48.6 Å². The molecule has 4 aromatic rings. The van der Waals surface area contributed by atoms with E-state index >= 15 is 0 Å². The second-order valence-electron chi connectivity index (χ2n) is 8.74. The summed E-state index contributed by atoms with van der Waals surface area (Å²) >= 11 is 0. The Labute approximate surface area is 209 Å². The van der Waals surface area contributed by atoms with Gasteiger partial charge in [0.2, 0.25) is 5.96 Å². The number of hydrogen-bond acceptors (Lipinski definition) is 2. The number of fused-ring (bicyclic) bond motifs is 1. The van der Waals surface area contributed by atoms with Crippen molar-refractivity contribution in [3.05, 3.63) is 103 Å². The molecule has 0 aliphatic heterocycles. The van der Waals surface area contributed by atoms with Crippen molar-refractivity contribution in [2.45, 2.75) is 38.5 Å². The first kappa shape index (κ1) is 24.3. The highest BCUT2D eigenvalue weighted by Crippen LogP contribution is 2.25. The zero-order valence-electron chi connectivity index (χ0n) is 20.4. The molecule has 0 radical (unpaired) electrons. The van der Waals surface area contributed by atoms with Crippen LogP contribution in [0.25, 0.3) is 10.8 Å². The molecule has 4 aromatic carbocycles. The van der Waals surface area contributed by atoms with E-state index in [1.807, 2.05) is 48.5 Å². The van der Waals surface area contributed by atoms with Crippen LogP contribution in [0.1, 0.15) is 38.5 Å². The lowest BCUT2D eigenvalue weighted by molar-refractivity contribution is 0.308. The minimum Gasteiger partial charge on any atom is -0.493 e. The summed E-state index contributed by atoms with van der Waals surface area (Å²) in [5.74, 6) is 1.52. The molecule has 0 aromatic heterocycles. The maximum absolute atomic E-state index is 6.42. The Morgan fingerprint density at radius 3 is 2.09 bits per heavy atom. The molecule has 0 bridgehead atoms. The van der Waals surface area contributed by atoms with E-state index < -0.39 is 0 Å². The fraction of sp³-hybridized carbons (Fsp3) is 0.258. The molecule has 0 spiro atoms. The molecule has 4 nitrogen and oxygen atoms in total. The number of nitrogens with two attached hydrogens (primary N) is 1. The molecule has 0 aliphatic carbocycles. The van der Waals surface area contributed by atoms with Crippen molar-refractivity contribution < 1.29 is 4.74 Å². The summed E-state index contributed by atoms with van der Waals surface area (Å²) in [6.45, 7) is 1.62. The van der Waals surface area contributed by atoms with Crippen molar-refractivity contribution in [3.8, 4) is 5.75 Å². The third-order valence-electron chi connectivity index (χ3n) is 6.13. The molecule has 0 heterocycles. The number of benzene rings is 4. The van der Waals surface area contributed by atoms with Crippen molar-refractivity contribution >= 4 is 28.1 Å². The molecular weight excluding hydrogens is 430 g/mol. The standard InChI is InChI=1S/C31H35N3O/c32-31(33-27-18-7-5-8-19-27)34(28-20-9-6-10-21-28)24-13-3-1-2-4-14-25-35-30-23-15-17-26-16-11-12-22-29(26)30/h5-12,15-23H,1-4,13-14,24-25H2,(H2,32,33). The Morgan fingerprint density at radius 2 is 1.29 bits per heavy atom. The summed E-state index contributed by atoms with van der Waals surface area (Å²) in [5, 5.41) is 2.41. The highest BCUT2D eigenvalue weighted by atomic mass is 16.5. The largest absolute Gasteiger partial charge is 0.493 e. The predicted molar refractivity (Wildman–Crippen MR) is 149 cm³/mol. The number of aliphatic imine (C=N–C) groups is 1. The van der Waals surface area contributed by atoms with Crippen LogP contribution >= 0.6 is 0 Å². The van der Waals surface area contributed by atoms with E-state index in [1.165, 1.54) is 36.5 Å². The first-order valence-corrected chi connectivity index (χ1v) is 12.6. The van der Waals surface area contributed by atoms with Crippen molar-refractivity contribution in [1.82, 2.24) is 0 Å². The van der Waals surface area contributed by atoms with Gasteiger partial charge in [-0.1, -0.05) is 98.5 Å². The lowest BCUT2D eigenvalue weighted by Crippen LogP contribution is -2.38. The number of guanidine groups is 1. The summed E-state index contributed by atoms with van der Waals surface area (Å²) < 4.78 is 6.07. The maximum atomic E-state index is 6.42. The molecule has 4 rings (SSSR count). The van der Waals surface area contributed by atoms with Gasteiger partial charge in [0.25, 0.3) is 0 Å². The predicted octanol–water partition coefficient (Wildman–Crippen LogP) is 7.71. The maximum Gasteiger partial charge on any atom is 0.201 e. The fourth-order valence-corrected chi connectivity index (χ4v) is 4.26. The lowest BCUT2D eigenvalue weighted by atomic mass is 10.1. The molecule has 0 fully saturated rings. The van der Waals surface area contributed by atoms with Crippen LogP contribution in [0.15, 0.2) is 108 Å². The van der Waals surface area contributed by atoms with E-state index in [4.69, 9.17) is 10.5 Å². The van der Waals surface area contributed by atoms with Crippen LogP contribution in [-0.2, 0) is 0 Å². The number of unbranched alkanes of at least 4 members (excludes halogenated alkanes) is 5. The number of rotatable bonds is 12. The van der Waals surface area contributed by atoms with Crippen LogP contribution in [0, 0.1) is 0 Å². The molecule has 0 saturated heterocycles. The van der Waals surface area contributed by atoms with Gasteiger partial charge < -0.3 is 15.4 Å². The molecule has 0 atom stereocenters. The zero-order valence-corrected chi connectivity index (χ0v) is 20.4. The molecule has 4 heteroatoms. The quantitative estimate of drug-likeness (QED) is 0.132. The average Bonchev–Trinajstić information content (AvgIpc) is 2.91. The van der Waals surface area contributed by atoms with Crippen molar-refractivity contribution in [3.63, 3.8) is 0 Å². The second-order valence-corrected chi connectivity index (χ2v) is 8.74. The van der Waals surface area contributed by atoms with E-state index in [1.54, 1.807) is 0 Å². The van der Waals surface area contributed by atoms with E-state index in [0.29, 0.717) is 5.96 Å². The summed E-state index contributed by atoms with van der Waals surface area (Å²) in [7, 11) is 0. The third kappa shape index (κ3) is 7.35. The van der Waals surface area contributed by atoms with Crippen molar-refractivity contribution in [2.75, 3.05) is 18.1 Å². The summed E-state index contributed by atoms with van der Waals surface area (Å²) in [6, 6.07) is 34.8. The van der Waals surface area contributed by atoms with Gasteiger partial charge in [0, 0.05) is 17.6 Å². The van der Waals surface area contributed by atoms with E-state index in [-0.39, 0.29) is 0 Å². The smallest absolute Gasteiger partial charge is 0.201 e. The second kappa shape index (κ2) is 13.2.